The molecule has 4 rings (SSSR count). The molecule has 1 heterocycles. The number of aryl methyl sites for hydroxylation is 1. The van der Waals surface area contributed by atoms with Gasteiger partial charge < -0.3 is 19.1 Å². The van der Waals surface area contributed by atoms with Crippen LogP contribution in [0.1, 0.15) is 73.9 Å². The lowest BCUT2D eigenvalue weighted by molar-refractivity contribution is -0.0308. The molecule has 1 amide bonds. The fourth-order valence-corrected chi connectivity index (χ4v) is 6.75. The van der Waals surface area contributed by atoms with Crippen LogP contribution in [-0.4, -0.2) is 62.0 Å². The third-order valence-corrected chi connectivity index (χ3v) is 9.66. The number of halogens is 1. The zero-order valence-electron chi connectivity index (χ0n) is 26.0. The molecular formula is C34H47ClN2O5S. The van der Waals surface area contributed by atoms with Gasteiger partial charge in [-0.2, -0.15) is 0 Å². The number of anilines is 1. The summed E-state index contributed by atoms with van der Waals surface area (Å²) in [4.78, 5) is 15.4. The van der Waals surface area contributed by atoms with Gasteiger partial charge in [0.25, 0.3) is 5.91 Å². The molecule has 5 unspecified atom stereocenters. The van der Waals surface area contributed by atoms with E-state index in [1.165, 1.54) is 11.1 Å². The van der Waals surface area contributed by atoms with Crippen LogP contribution in [0, 0.1) is 11.8 Å². The summed E-state index contributed by atoms with van der Waals surface area (Å²) in [6.45, 7) is 9.35. The molecule has 1 aliphatic carbocycles. The van der Waals surface area contributed by atoms with Crippen molar-refractivity contribution in [2.75, 3.05) is 50.7 Å². The quantitative estimate of drug-likeness (QED) is 0.174. The summed E-state index contributed by atoms with van der Waals surface area (Å²) in [5.74, 6) is 1.73. The number of allylic oxidation sites excluding steroid dienone is 1. The lowest BCUT2D eigenvalue weighted by atomic mass is 9.70. The fourth-order valence-electron chi connectivity index (χ4n) is 6.09. The zero-order chi connectivity index (χ0) is 30.8. The monoisotopic (exact) mass is 630 g/mol. The first kappa shape index (κ1) is 33.5. The van der Waals surface area contributed by atoms with Crippen LogP contribution in [0.2, 0.25) is 5.02 Å². The Bertz CT molecular complexity index is 1270. The van der Waals surface area contributed by atoms with Crippen LogP contribution in [-0.2, 0) is 26.9 Å². The molecule has 0 bridgehead atoms. The highest BCUT2D eigenvalue weighted by atomic mass is 35.5. The Labute approximate surface area is 264 Å². The fraction of sp³-hybridized carbons (Fsp3) is 0.559. The minimum atomic E-state index is -1.41. The summed E-state index contributed by atoms with van der Waals surface area (Å²) in [7, 11) is 0.285. The largest absolute Gasteiger partial charge is 0.491 e. The van der Waals surface area contributed by atoms with Crippen molar-refractivity contribution >= 4 is 34.2 Å². The molecule has 0 aromatic heterocycles. The average molecular weight is 631 g/mol. The van der Waals surface area contributed by atoms with E-state index in [1.54, 1.807) is 20.1 Å². The molecule has 2 aromatic carbocycles. The van der Waals surface area contributed by atoms with Gasteiger partial charge in [-0.25, -0.2) is 4.21 Å². The topological polar surface area (TPSA) is 77.1 Å². The second-order valence-corrected chi connectivity index (χ2v) is 13.3. The predicted octanol–water partition coefficient (Wildman–Crippen LogP) is 6.71. The van der Waals surface area contributed by atoms with Crippen LogP contribution >= 0.6 is 11.6 Å². The van der Waals surface area contributed by atoms with E-state index in [-0.39, 0.29) is 17.9 Å². The molecule has 7 nitrogen and oxygen atoms in total. The van der Waals surface area contributed by atoms with Crippen LogP contribution in [0.5, 0.6) is 5.75 Å². The molecule has 1 saturated carbocycles. The first-order chi connectivity index (χ1) is 20.9. The molecule has 9 heteroatoms. The highest BCUT2D eigenvalue weighted by molar-refractivity contribution is 7.83. The normalized spacial score (nSPS) is 21.4. The SMILES string of the molecule is CC/C=C/C(OCCOC)C1CCC1CN1CC(c2ccc(Cl)cc2CCC)COc2ccc(C(=O)NS(=O)CC)cc21. The number of nitrogens with one attached hydrogen (secondary N) is 1. The number of fused-ring (bicyclic) bond motifs is 1. The number of hydrogen-bond acceptors (Lipinski definition) is 6. The van der Waals surface area contributed by atoms with Gasteiger partial charge in [-0.3, -0.25) is 9.52 Å². The molecule has 43 heavy (non-hydrogen) atoms. The van der Waals surface area contributed by atoms with Crippen molar-refractivity contribution in [3.8, 4) is 5.75 Å². The van der Waals surface area contributed by atoms with Crippen LogP contribution in [0.3, 0.4) is 0 Å². The number of ether oxygens (including phenoxy) is 3. The van der Waals surface area contributed by atoms with Gasteiger partial charge in [0, 0.05) is 42.5 Å². The van der Waals surface area contributed by atoms with E-state index in [0.29, 0.717) is 43.0 Å². The van der Waals surface area contributed by atoms with Crippen molar-refractivity contribution in [3.63, 3.8) is 0 Å². The van der Waals surface area contributed by atoms with E-state index in [9.17, 15) is 9.00 Å². The van der Waals surface area contributed by atoms with E-state index < -0.39 is 11.0 Å². The van der Waals surface area contributed by atoms with Crippen molar-refractivity contribution in [2.45, 2.75) is 64.9 Å². The molecule has 2 aromatic rings. The lowest BCUT2D eigenvalue weighted by Crippen LogP contribution is -2.44. The van der Waals surface area contributed by atoms with Crippen LogP contribution < -0.4 is 14.4 Å². The molecule has 1 fully saturated rings. The summed E-state index contributed by atoms with van der Waals surface area (Å²) in [5.41, 5.74) is 3.89. The van der Waals surface area contributed by atoms with Crippen LogP contribution in [0.25, 0.3) is 0 Å². The Balaban J connectivity index is 1.65. The van der Waals surface area contributed by atoms with Gasteiger partial charge >= 0.3 is 0 Å². The Kier molecular flexibility index (Phi) is 12.9. The molecular weight excluding hydrogens is 584 g/mol. The van der Waals surface area contributed by atoms with E-state index in [4.69, 9.17) is 25.8 Å². The van der Waals surface area contributed by atoms with Gasteiger partial charge in [0.2, 0.25) is 0 Å². The zero-order valence-corrected chi connectivity index (χ0v) is 27.6. The molecule has 0 spiro atoms. The molecule has 0 radical (unpaired) electrons. The number of nitrogens with zero attached hydrogens (tertiary/aromatic N) is 1. The summed E-state index contributed by atoms with van der Waals surface area (Å²) in [6, 6.07) is 11.7. The number of amides is 1. The number of carbonyl (C=O) groups is 1. The van der Waals surface area contributed by atoms with Gasteiger partial charge in [-0.1, -0.05) is 57.0 Å². The highest BCUT2D eigenvalue weighted by Crippen LogP contribution is 2.43. The van der Waals surface area contributed by atoms with Gasteiger partial charge in [0.05, 0.1) is 31.6 Å². The molecule has 1 aliphatic heterocycles. The summed E-state index contributed by atoms with van der Waals surface area (Å²) >= 11 is 6.41. The van der Waals surface area contributed by atoms with Gasteiger partial charge in [0.15, 0.2) is 0 Å². The van der Waals surface area contributed by atoms with E-state index >= 15 is 0 Å². The standard InChI is InChI=1S/C34H47ClN2O5S/c1-5-8-10-32(41-18-17-40-4)30-14-11-26(30)21-37-22-27(29-15-13-28(35)19-24(29)9-6-2)23-42-33-16-12-25(20-31(33)37)34(38)36-43(39)7-3/h8,10,12-13,15-16,19-20,26-27,30,32H,5-7,9,11,14,17-18,21-23H2,1-4H3,(H,36,38)/b10-8+. The number of methoxy groups -OCH3 is 1. The minimum Gasteiger partial charge on any atom is -0.491 e. The second-order valence-electron chi connectivity index (χ2n) is 11.4. The van der Waals surface area contributed by atoms with Crippen LogP contribution in [0.15, 0.2) is 48.6 Å². The maximum atomic E-state index is 13.0. The van der Waals surface area contributed by atoms with Crippen LogP contribution in [0.4, 0.5) is 5.69 Å². The van der Waals surface area contributed by atoms with Crippen molar-refractivity contribution in [1.82, 2.24) is 4.72 Å². The van der Waals surface area contributed by atoms with E-state index in [1.807, 2.05) is 18.2 Å². The maximum Gasteiger partial charge on any atom is 0.263 e. The second kappa shape index (κ2) is 16.6. The predicted molar refractivity (Wildman–Crippen MR) is 176 cm³/mol. The molecule has 236 valence electrons. The van der Waals surface area contributed by atoms with Crippen molar-refractivity contribution in [1.29, 1.82) is 0 Å². The summed E-state index contributed by atoms with van der Waals surface area (Å²) in [5, 5.41) is 0.749. The maximum absolute atomic E-state index is 13.0. The Morgan fingerprint density at radius 1 is 1.19 bits per heavy atom. The van der Waals surface area contributed by atoms with Gasteiger partial charge in [0.1, 0.15) is 16.7 Å². The van der Waals surface area contributed by atoms with E-state index in [2.05, 4.69) is 47.8 Å². The first-order valence-corrected chi connectivity index (χ1v) is 17.3. The lowest BCUT2D eigenvalue weighted by Gasteiger charge is -2.44. The summed E-state index contributed by atoms with van der Waals surface area (Å²) in [6.07, 6.45) is 9.63. The molecule has 0 saturated heterocycles. The van der Waals surface area contributed by atoms with Gasteiger partial charge in [-0.15, -0.1) is 0 Å². The number of benzene rings is 2. The third kappa shape index (κ3) is 8.84. The van der Waals surface area contributed by atoms with Crippen molar-refractivity contribution < 1.29 is 23.2 Å². The third-order valence-electron chi connectivity index (χ3n) is 8.49. The number of carbonyl (C=O) groups excluding carboxylic acids is 1. The Morgan fingerprint density at radius 3 is 2.72 bits per heavy atom. The number of rotatable bonds is 15. The molecule has 1 N–H and O–H groups in total. The smallest absolute Gasteiger partial charge is 0.263 e. The Morgan fingerprint density at radius 2 is 2.02 bits per heavy atom. The molecule has 2 aliphatic rings. The average Bonchev–Trinajstić information content (AvgIpc) is 3.17. The van der Waals surface area contributed by atoms with Crippen molar-refractivity contribution in [3.05, 3.63) is 70.3 Å². The van der Waals surface area contributed by atoms with E-state index in [0.717, 1.165) is 61.7 Å². The van der Waals surface area contributed by atoms with Gasteiger partial charge in [-0.05, 0) is 79.0 Å². The van der Waals surface area contributed by atoms with Crippen molar-refractivity contribution in [2.24, 2.45) is 11.8 Å². The highest BCUT2D eigenvalue weighted by Gasteiger charge is 2.39. The molecule has 5 atom stereocenters. The number of hydrogen-bond donors (Lipinski definition) is 1. The first-order valence-electron chi connectivity index (χ1n) is 15.6. The minimum absolute atomic E-state index is 0.0425. The summed E-state index contributed by atoms with van der Waals surface area (Å²) < 4.78 is 32.7. The Hall–Kier alpha value is -2.39.